The number of rotatable bonds is 6. The van der Waals surface area contributed by atoms with Gasteiger partial charge in [-0.1, -0.05) is 10.8 Å². The maximum atomic E-state index is 14.9. The number of nitrogens with zero attached hydrogens (tertiary/aromatic N) is 6. The third-order valence-electron chi connectivity index (χ3n) is 5.61. The Hall–Kier alpha value is -3.94. The minimum absolute atomic E-state index is 0.114. The van der Waals surface area contributed by atoms with Crippen molar-refractivity contribution in [2.75, 3.05) is 36.0 Å². The number of hydrogen-bond acceptors (Lipinski definition) is 8. The highest BCUT2D eigenvalue weighted by Crippen LogP contribution is 2.30. The summed E-state index contributed by atoms with van der Waals surface area (Å²) in [5, 5.41) is 16.4. The highest BCUT2D eigenvalue weighted by atomic mass is 19.1. The van der Waals surface area contributed by atoms with Gasteiger partial charge in [-0.25, -0.2) is 18.7 Å². The molecule has 4 rings (SSSR count). The molecular formula is C22H23FN6O4. The van der Waals surface area contributed by atoms with Crippen LogP contribution in [-0.2, 0) is 16.0 Å². The van der Waals surface area contributed by atoms with Crippen LogP contribution < -0.4 is 9.80 Å². The van der Waals surface area contributed by atoms with Gasteiger partial charge in [0.25, 0.3) is 0 Å². The number of allylic oxidation sites excluding steroid dienone is 1. The monoisotopic (exact) mass is 454 g/mol. The van der Waals surface area contributed by atoms with Crippen LogP contribution in [0.25, 0.3) is 0 Å². The first kappa shape index (κ1) is 22.3. The molecule has 33 heavy (non-hydrogen) atoms. The van der Waals surface area contributed by atoms with Gasteiger partial charge in [0.1, 0.15) is 11.9 Å². The number of esters is 1. The zero-order valence-corrected chi connectivity index (χ0v) is 18.1. The van der Waals surface area contributed by atoms with Crippen LogP contribution in [0, 0.1) is 17.1 Å². The van der Waals surface area contributed by atoms with E-state index in [2.05, 4.69) is 10.3 Å². The van der Waals surface area contributed by atoms with Gasteiger partial charge < -0.3 is 14.4 Å². The number of piperidine rings is 1. The molecule has 172 valence electrons. The Kier molecular flexibility index (Phi) is 6.53. The van der Waals surface area contributed by atoms with Crippen molar-refractivity contribution in [2.45, 2.75) is 32.4 Å². The third kappa shape index (κ3) is 4.79. The highest BCUT2D eigenvalue weighted by molar-refractivity contribution is 5.90. The summed E-state index contributed by atoms with van der Waals surface area (Å²) in [5.74, 6) is -0.994. The molecule has 1 aromatic carbocycles. The van der Waals surface area contributed by atoms with E-state index in [1.807, 2.05) is 11.0 Å². The molecule has 3 heterocycles. The minimum atomic E-state index is -0.603. The van der Waals surface area contributed by atoms with Crippen LogP contribution in [-0.4, -0.2) is 59.4 Å². The Balaban J connectivity index is 1.42. The number of ether oxygens (including phenoxy) is 2. The van der Waals surface area contributed by atoms with Gasteiger partial charge in [-0.15, -0.1) is 5.10 Å². The van der Waals surface area contributed by atoms with E-state index in [9.17, 15) is 14.0 Å². The van der Waals surface area contributed by atoms with E-state index < -0.39 is 24.0 Å². The standard InChI is InChI=1S/C22H23FN6O4/c1-2-32-21(30)20-12-25-26-29(20)14-17-13-28(22(31)33-17)16-3-4-19(18(23)11-16)27-9-6-15(5-8-24)7-10-27/h3-5,11-12,17H,2,6-7,9-10,13-14H2,1H3. The number of carbonyl (C=O) groups excluding carboxylic acids is 2. The lowest BCUT2D eigenvalue weighted by Crippen LogP contribution is -2.31. The highest BCUT2D eigenvalue weighted by Gasteiger charge is 2.34. The van der Waals surface area contributed by atoms with Crippen molar-refractivity contribution in [3.63, 3.8) is 0 Å². The maximum absolute atomic E-state index is 14.9. The molecular weight excluding hydrogens is 431 g/mol. The fraction of sp³-hybridized carbons (Fsp3) is 0.409. The van der Waals surface area contributed by atoms with Crippen molar-refractivity contribution in [3.05, 3.63) is 47.6 Å². The Morgan fingerprint density at radius 2 is 2.18 bits per heavy atom. The SMILES string of the molecule is CCOC(=O)c1cnnn1CC1CN(c2ccc(N3CCC(=CC#N)CC3)c(F)c2)C(=O)O1. The fourth-order valence-corrected chi connectivity index (χ4v) is 3.97. The number of benzene rings is 1. The zero-order chi connectivity index (χ0) is 23.4. The molecule has 11 heteroatoms. The quantitative estimate of drug-likeness (QED) is 0.484. The van der Waals surface area contributed by atoms with Crippen molar-refractivity contribution in [1.82, 2.24) is 15.0 Å². The Labute approximate surface area is 189 Å². The number of amides is 1. The van der Waals surface area contributed by atoms with E-state index in [-0.39, 0.29) is 25.4 Å². The Morgan fingerprint density at radius 3 is 2.88 bits per heavy atom. The molecule has 2 aromatic rings. The second-order valence-corrected chi connectivity index (χ2v) is 7.69. The van der Waals surface area contributed by atoms with Gasteiger partial charge in [0.2, 0.25) is 0 Å². The summed E-state index contributed by atoms with van der Waals surface area (Å²) in [6.45, 7) is 3.44. The molecule has 1 unspecified atom stereocenters. The summed E-state index contributed by atoms with van der Waals surface area (Å²) in [5.41, 5.74) is 2.07. The van der Waals surface area contributed by atoms with Crippen molar-refractivity contribution in [1.29, 1.82) is 5.26 Å². The van der Waals surface area contributed by atoms with E-state index >= 15 is 0 Å². The molecule has 2 fully saturated rings. The summed E-state index contributed by atoms with van der Waals surface area (Å²) in [6, 6.07) is 6.70. The summed E-state index contributed by atoms with van der Waals surface area (Å²) in [7, 11) is 0. The number of aromatic nitrogens is 3. The first-order valence-corrected chi connectivity index (χ1v) is 10.7. The van der Waals surface area contributed by atoms with Gasteiger partial charge in [-0.3, -0.25) is 4.90 Å². The Bertz CT molecular complexity index is 1110. The van der Waals surface area contributed by atoms with Gasteiger partial charge >= 0.3 is 12.1 Å². The molecule has 1 atom stereocenters. The van der Waals surface area contributed by atoms with Crippen molar-refractivity contribution < 1.29 is 23.5 Å². The van der Waals surface area contributed by atoms with Gasteiger partial charge in [-0.2, -0.15) is 5.26 Å². The number of cyclic esters (lactones) is 1. The molecule has 0 bridgehead atoms. The summed E-state index contributed by atoms with van der Waals surface area (Å²) in [6.07, 6.45) is 3.08. The molecule has 1 amide bonds. The lowest BCUT2D eigenvalue weighted by Gasteiger charge is -2.30. The van der Waals surface area contributed by atoms with Crippen LogP contribution >= 0.6 is 0 Å². The summed E-state index contributed by atoms with van der Waals surface area (Å²) < 4.78 is 26.6. The summed E-state index contributed by atoms with van der Waals surface area (Å²) in [4.78, 5) is 27.7. The summed E-state index contributed by atoms with van der Waals surface area (Å²) >= 11 is 0. The molecule has 2 aliphatic heterocycles. The fourth-order valence-electron chi connectivity index (χ4n) is 3.97. The predicted octanol–water partition coefficient (Wildman–Crippen LogP) is 2.67. The van der Waals surface area contributed by atoms with E-state index in [1.165, 1.54) is 21.8 Å². The normalized spacial score (nSPS) is 18.2. The largest absolute Gasteiger partial charge is 0.461 e. The lowest BCUT2D eigenvalue weighted by molar-refractivity contribution is 0.0507. The molecule has 0 radical (unpaired) electrons. The van der Waals surface area contributed by atoms with Gasteiger partial charge in [0.15, 0.2) is 5.69 Å². The van der Waals surface area contributed by atoms with Gasteiger partial charge in [-0.05, 0) is 38.0 Å². The van der Waals surface area contributed by atoms with Crippen LogP contribution in [0.2, 0.25) is 0 Å². The molecule has 2 saturated heterocycles. The van der Waals surface area contributed by atoms with Crippen LogP contribution in [0.3, 0.4) is 0 Å². The molecule has 0 N–H and O–H groups in total. The topological polar surface area (TPSA) is 114 Å². The molecule has 0 spiro atoms. The van der Waals surface area contributed by atoms with E-state index in [1.54, 1.807) is 25.1 Å². The van der Waals surface area contributed by atoms with E-state index in [0.29, 0.717) is 37.3 Å². The van der Waals surface area contributed by atoms with Gasteiger partial charge in [0.05, 0.1) is 43.3 Å². The second-order valence-electron chi connectivity index (χ2n) is 7.69. The minimum Gasteiger partial charge on any atom is -0.461 e. The first-order chi connectivity index (χ1) is 16.0. The third-order valence-corrected chi connectivity index (χ3v) is 5.61. The van der Waals surface area contributed by atoms with Crippen molar-refractivity contribution in [3.8, 4) is 6.07 Å². The number of nitriles is 1. The first-order valence-electron chi connectivity index (χ1n) is 10.7. The average Bonchev–Trinajstić information content (AvgIpc) is 3.41. The number of halogens is 1. The average molecular weight is 454 g/mol. The molecule has 2 aliphatic rings. The van der Waals surface area contributed by atoms with Crippen molar-refractivity contribution in [2.24, 2.45) is 0 Å². The Morgan fingerprint density at radius 1 is 1.39 bits per heavy atom. The van der Waals surface area contributed by atoms with Crippen LogP contribution in [0.4, 0.5) is 20.6 Å². The second kappa shape index (κ2) is 9.68. The lowest BCUT2D eigenvalue weighted by atomic mass is 10.0. The maximum Gasteiger partial charge on any atom is 0.414 e. The smallest absolute Gasteiger partial charge is 0.414 e. The van der Waals surface area contributed by atoms with E-state index in [4.69, 9.17) is 14.7 Å². The predicted molar refractivity (Wildman–Crippen MR) is 115 cm³/mol. The number of hydrogen-bond donors (Lipinski definition) is 0. The van der Waals surface area contributed by atoms with Crippen LogP contribution in [0.1, 0.15) is 30.3 Å². The number of anilines is 2. The molecule has 0 aliphatic carbocycles. The van der Waals surface area contributed by atoms with E-state index in [0.717, 1.165) is 5.57 Å². The van der Waals surface area contributed by atoms with Crippen molar-refractivity contribution >= 4 is 23.4 Å². The van der Waals surface area contributed by atoms with Crippen LogP contribution in [0.15, 0.2) is 36.0 Å². The molecule has 10 nitrogen and oxygen atoms in total. The molecule has 1 aromatic heterocycles. The van der Waals surface area contributed by atoms with Gasteiger partial charge in [0, 0.05) is 19.2 Å². The number of carbonyl (C=O) groups is 2. The zero-order valence-electron chi connectivity index (χ0n) is 18.1. The molecule has 0 saturated carbocycles. The van der Waals surface area contributed by atoms with Crippen LogP contribution in [0.5, 0.6) is 0 Å².